The van der Waals surface area contributed by atoms with Gasteiger partial charge in [-0.1, -0.05) is 44.9 Å². The first-order valence-corrected chi connectivity index (χ1v) is 7.68. The minimum Gasteiger partial charge on any atom is -0.316 e. The summed E-state index contributed by atoms with van der Waals surface area (Å²) >= 11 is 0. The van der Waals surface area contributed by atoms with Gasteiger partial charge in [0.05, 0.1) is 0 Å². The lowest BCUT2D eigenvalue weighted by Gasteiger charge is -2.45. The van der Waals surface area contributed by atoms with Crippen molar-refractivity contribution in [3.63, 3.8) is 0 Å². The molecule has 0 spiro atoms. The van der Waals surface area contributed by atoms with E-state index in [1.54, 1.807) is 12.1 Å². The van der Waals surface area contributed by atoms with E-state index in [1.807, 2.05) is 12.1 Å². The summed E-state index contributed by atoms with van der Waals surface area (Å²) in [5, 5.41) is 3.47. The van der Waals surface area contributed by atoms with Crippen LogP contribution in [-0.2, 0) is 0 Å². The first-order valence-electron chi connectivity index (χ1n) is 7.68. The monoisotopic (exact) mass is 263 g/mol. The third-order valence-electron chi connectivity index (χ3n) is 4.66. The normalized spacial score (nSPS) is 22.4. The zero-order valence-corrected chi connectivity index (χ0v) is 12.2. The lowest BCUT2D eigenvalue weighted by atomic mass is 9.63. The van der Waals surface area contributed by atoms with Crippen LogP contribution >= 0.6 is 0 Å². The lowest BCUT2D eigenvalue weighted by Crippen LogP contribution is -2.44. The molecule has 19 heavy (non-hydrogen) atoms. The van der Waals surface area contributed by atoms with Gasteiger partial charge in [0.2, 0.25) is 0 Å². The maximum absolute atomic E-state index is 14.2. The minimum absolute atomic E-state index is 0.0345. The summed E-state index contributed by atoms with van der Waals surface area (Å²) in [6, 6.07) is 7.34. The summed E-state index contributed by atoms with van der Waals surface area (Å²) in [5.74, 6) is 0.287. The van der Waals surface area contributed by atoms with Crippen LogP contribution in [0.25, 0.3) is 0 Å². The Hall–Kier alpha value is -0.890. The Balaban J connectivity index is 2.35. The fourth-order valence-corrected chi connectivity index (χ4v) is 3.89. The van der Waals surface area contributed by atoms with Crippen LogP contribution in [0.15, 0.2) is 24.3 Å². The quantitative estimate of drug-likeness (QED) is 0.825. The van der Waals surface area contributed by atoms with Gasteiger partial charge < -0.3 is 5.32 Å². The third kappa shape index (κ3) is 3.00. The van der Waals surface area contributed by atoms with Crippen molar-refractivity contribution in [2.75, 3.05) is 13.1 Å². The van der Waals surface area contributed by atoms with Crippen LogP contribution in [0, 0.1) is 11.2 Å². The van der Waals surface area contributed by atoms with Crippen LogP contribution in [0.5, 0.6) is 0 Å². The van der Waals surface area contributed by atoms with Gasteiger partial charge in [-0.3, -0.25) is 0 Å². The molecule has 0 aromatic heterocycles. The number of rotatable bonds is 5. The fraction of sp³-hybridized carbons (Fsp3) is 0.647. The summed E-state index contributed by atoms with van der Waals surface area (Å²) in [5.41, 5.74) is 1.20. The average molecular weight is 263 g/mol. The molecule has 0 bridgehead atoms. The molecule has 106 valence electrons. The molecule has 1 atom stereocenters. The first-order chi connectivity index (χ1) is 9.23. The molecule has 2 heteroatoms. The van der Waals surface area contributed by atoms with Gasteiger partial charge in [0.1, 0.15) is 5.82 Å². The summed E-state index contributed by atoms with van der Waals surface area (Å²) in [6.07, 6.45) is 5.96. The van der Waals surface area contributed by atoms with E-state index in [4.69, 9.17) is 0 Å². The molecule has 2 rings (SSSR count). The zero-order chi connectivity index (χ0) is 13.7. The topological polar surface area (TPSA) is 12.0 Å². The Labute approximate surface area is 116 Å². The van der Waals surface area contributed by atoms with Crippen LogP contribution in [-0.4, -0.2) is 13.1 Å². The number of benzene rings is 1. The van der Waals surface area contributed by atoms with Gasteiger partial charge >= 0.3 is 0 Å². The van der Waals surface area contributed by atoms with E-state index in [1.165, 1.54) is 32.1 Å². The largest absolute Gasteiger partial charge is 0.316 e. The zero-order valence-electron chi connectivity index (χ0n) is 12.2. The highest BCUT2D eigenvalue weighted by Crippen LogP contribution is 2.48. The molecule has 1 aromatic carbocycles. The van der Waals surface area contributed by atoms with E-state index in [2.05, 4.69) is 19.2 Å². The van der Waals surface area contributed by atoms with E-state index < -0.39 is 0 Å². The second-order valence-electron chi connectivity index (χ2n) is 5.89. The number of halogens is 1. The SMILES string of the molecule is CCCC1(CCC)CCNCC1c1ccccc1F. The molecule has 1 aliphatic rings. The standard InChI is InChI=1S/C17H26FN/c1-3-9-17(10-4-2)11-12-19-13-15(17)14-7-5-6-8-16(14)18/h5-8,15,19H,3-4,9-13H2,1-2H3. The molecule has 1 unspecified atom stereocenters. The molecular weight excluding hydrogens is 237 g/mol. The van der Waals surface area contributed by atoms with Crippen molar-refractivity contribution in [2.45, 2.75) is 51.9 Å². The van der Waals surface area contributed by atoms with Gasteiger partial charge in [0, 0.05) is 12.5 Å². The molecule has 1 N–H and O–H groups in total. The van der Waals surface area contributed by atoms with Gasteiger partial charge in [-0.15, -0.1) is 0 Å². The number of hydrogen-bond acceptors (Lipinski definition) is 1. The second kappa shape index (κ2) is 6.51. The number of piperidine rings is 1. The van der Waals surface area contributed by atoms with E-state index in [0.29, 0.717) is 5.92 Å². The van der Waals surface area contributed by atoms with Crippen molar-refractivity contribution >= 4 is 0 Å². The Bertz CT molecular complexity index is 390. The van der Waals surface area contributed by atoms with Crippen molar-refractivity contribution in [3.8, 4) is 0 Å². The fourth-order valence-electron chi connectivity index (χ4n) is 3.89. The van der Waals surface area contributed by atoms with Gasteiger partial charge in [-0.05, 0) is 42.9 Å². The molecule has 0 saturated carbocycles. The summed E-state index contributed by atoms with van der Waals surface area (Å²) in [4.78, 5) is 0. The van der Waals surface area contributed by atoms with Crippen molar-refractivity contribution in [2.24, 2.45) is 5.41 Å². The van der Waals surface area contributed by atoms with Crippen LogP contribution in [0.3, 0.4) is 0 Å². The third-order valence-corrected chi connectivity index (χ3v) is 4.66. The predicted molar refractivity (Wildman–Crippen MR) is 78.9 cm³/mol. The van der Waals surface area contributed by atoms with Gasteiger partial charge in [0.25, 0.3) is 0 Å². The number of nitrogens with one attached hydrogen (secondary N) is 1. The Morgan fingerprint density at radius 2 is 1.89 bits per heavy atom. The van der Waals surface area contributed by atoms with E-state index in [0.717, 1.165) is 18.7 Å². The van der Waals surface area contributed by atoms with Crippen LogP contribution in [0.2, 0.25) is 0 Å². The molecule has 0 amide bonds. The van der Waals surface area contributed by atoms with Crippen LogP contribution < -0.4 is 5.32 Å². The smallest absolute Gasteiger partial charge is 0.126 e. The highest BCUT2D eigenvalue weighted by Gasteiger charge is 2.40. The first kappa shape index (κ1) is 14.5. The summed E-state index contributed by atoms with van der Waals surface area (Å²) in [7, 11) is 0. The minimum atomic E-state index is -0.0345. The maximum Gasteiger partial charge on any atom is 0.126 e. The summed E-state index contributed by atoms with van der Waals surface area (Å²) in [6.45, 7) is 6.49. The molecule has 0 aliphatic carbocycles. The molecule has 1 heterocycles. The molecular formula is C17H26FN. The van der Waals surface area contributed by atoms with Crippen molar-refractivity contribution in [1.29, 1.82) is 0 Å². The van der Waals surface area contributed by atoms with Gasteiger partial charge in [-0.2, -0.15) is 0 Å². The van der Waals surface area contributed by atoms with E-state index >= 15 is 0 Å². The summed E-state index contributed by atoms with van der Waals surface area (Å²) < 4.78 is 14.2. The van der Waals surface area contributed by atoms with Crippen molar-refractivity contribution in [1.82, 2.24) is 5.32 Å². The van der Waals surface area contributed by atoms with Crippen LogP contribution in [0.1, 0.15) is 57.4 Å². The maximum atomic E-state index is 14.2. The van der Waals surface area contributed by atoms with Gasteiger partial charge in [0.15, 0.2) is 0 Å². The Kier molecular flexibility index (Phi) is 4.98. The van der Waals surface area contributed by atoms with E-state index in [9.17, 15) is 4.39 Å². The molecule has 1 aliphatic heterocycles. The lowest BCUT2D eigenvalue weighted by molar-refractivity contribution is 0.128. The predicted octanol–water partition coefficient (Wildman–Crippen LogP) is 4.49. The van der Waals surface area contributed by atoms with E-state index in [-0.39, 0.29) is 11.2 Å². The van der Waals surface area contributed by atoms with Gasteiger partial charge in [-0.25, -0.2) is 4.39 Å². The van der Waals surface area contributed by atoms with Crippen molar-refractivity contribution < 1.29 is 4.39 Å². The second-order valence-corrected chi connectivity index (χ2v) is 5.89. The molecule has 0 radical (unpaired) electrons. The average Bonchev–Trinajstić information content (AvgIpc) is 2.41. The molecule has 1 saturated heterocycles. The van der Waals surface area contributed by atoms with Crippen LogP contribution in [0.4, 0.5) is 4.39 Å². The Morgan fingerprint density at radius 1 is 1.21 bits per heavy atom. The molecule has 1 nitrogen and oxygen atoms in total. The number of hydrogen-bond donors (Lipinski definition) is 1. The highest BCUT2D eigenvalue weighted by atomic mass is 19.1. The highest BCUT2D eigenvalue weighted by molar-refractivity contribution is 5.25. The van der Waals surface area contributed by atoms with Crippen molar-refractivity contribution in [3.05, 3.63) is 35.6 Å². The molecule has 1 aromatic rings. The Morgan fingerprint density at radius 3 is 2.53 bits per heavy atom. The molecule has 1 fully saturated rings.